The van der Waals surface area contributed by atoms with Crippen LogP contribution in [0.15, 0.2) is 29.4 Å². The summed E-state index contributed by atoms with van der Waals surface area (Å²) in [5.74, 6) is 0. The van der Waals surface area contributed by atoms with E-state index in [4.69, 9.17) is 4.55 Å². The van der Waals surface area contributed by atoms with Crippen LogP contribution in [0.4, 0.5) is 0 Å². The van der Waals surface area contributed by atoms with Crippen molar-refractivity contribution in [1.82, 2.24) is 4.98 Å². The topological polar surface area (TPSA) is 67.3 Å². The number of rotatable bonds is 1. The maximum Gasteiger partial charge on any atom is 0.312 e. The predicted molar refractivity (Wildman–Crippen MR) is 34.1 cm³/mol. The smallest absolute Gasteiger partial charge is 0.281 e. The summed E-state index contributed by atoms with van der Waals surface area (Å²) in [7, 11) is -4.11. The molecular weight excluding hydrogens is 220 g/mol. The molecular formula is C5H5NO3SZn. The van der Waals surface area contributed by atoms with E-state index < -0.39 is 10.1 Å². The van der Waals surface area contributed by atoms with Crippen molar-refractivity contribution in [2.75, 3.05) is 0 Å². The van der Waals surface area contributed by atoms with Crippen LogP contribution in [-0.2, 0) is 29.6 Å². The summed E-state index contributed by atoms with van der Waals surface area (Å²) in [6.07, 6.45) is 1.29. The van der Waals surface area contributed by atoms with Gasteiger partial charge < -0.3 is 0 Å². The minimum atomic E-state index is -4.11. The third-order valence-corrected chi connectivity index (χ3v) is 1.67. The molecule has 0 bridgehead atoms. The van der Waals surface area contributed by atoms with E-state index in [0.717, 1.165) is 0 Å². The van der Waals surface area contributed by atoms with Crippen LogP contribution in [0, 0.1) is 0 Å². The van der Waals surface area contributed by atoms with Gasteiger partial charge >= 0.3 is 10.1 Å². The molecule has 6 heteroatoms. The number of pyridine rings is 1. The largest absolute Gasteiger partial charge is 0.312 e. The molecule has 1 aromatic heterocycles. The number of hydrogen-bond acceptors (Lipinski definition) is 3. The molecule has 0 atom stereocenters. The third-order valence-electron chi connectivity index (χ3n) is 0.902. The van der Waals surface area contributed by atoms with Crippen LogP contribution < -0.4 is 0 Å². The average Bonchev–Trinajstić information content (AvgIpc) is 1.88. The summed E-state index contributed by atoms with van der Waals surface area (Å²) in [6.45, 7) is 0. The van der Waals surface area contributed by atoms with E-state index in [-0.39, 0.29) is 24.5 Å². The van der Waals surface area contributed by atoms with Gasteiger partial charge in [0.15, 0.2) is 5.03 Å². The van der Waals surface area contributed by atoms with Gasteiger partial charge in [-0.25, -0.2) is 4.98 Å². The Morgan fingerprint density at radius 3 is 2.27 bits per heavy atom. The van der Waals surface area contributed by atoms with Crippen LogP contribution in [0.1, 0.15) is 0 Å². The molecule has 0 spiro atoms. The van der Waals surface area contributed by atoms with Gasteiger partial charge in [0.1, 0.15) is 0 Å². The minimum absolute atomic E-state index is 0. The zero-order chi connectivity index (χ0) is 7.61. The maximum absolute atomic E-state index is 10.3. The molecule has 0 aliphatic carbocycles. The van der Waals surface area contributed by atoms with E-state index in [0.29, 0.717) is 0 Å². The second-order valence-corrected chi connectivity index (χ2v) is 3.01. The first kappa shape index (κ1) is 10.7. The van der Waals surface area contributed by atoms with Gasteiger partial charge in [0.05, 0.1) is 0 Å². The van der Waals surface area contributed by atoms with Crippen molar-refractivity contribution in [2.45, 2.75) is 5.03 Å². The van der Waals surface area contributed by atoms with Crippen LogP contribution in [0.25, 0.3) is 0 Å². The molecule has 1 heterocycles. The molecule has 0 saturated carbocycles. The van der Waals surface area contributed by atoms with Gasteiger partial charge in [0.2, 0.25) is 0 Å². The summed E-state index contributed by atoms with van der Waals surface area (Å²) in [5.41, 5.74) is 0. The van der Waals surface area contributed by atoms with Crippen molar-refractivity contribution in [3.63, 3.8) is 0 Å². The summed E-state index contributed by atoms with van der Waals surface area (Å²) >= 11 is 0. The minimum Gasteiger partial charge on any atom is -0.281 e. The van der Waals surface area contributed by atoms with Crippen LogP contribution in [0.3, 0.4) is 0 Å². The van der Waals surface area contributed by atoms with E-state index in [1.54, 1.807) is 6.07 Å². The first-order valence-corrected chi connectivity index (χ1v) is 3.93. The first-order chi connectivity index (χ1) is 4.61. The van der Waals surface area contributed by atoms with E-state index in [1.165, 1.54) is 18.3 Å². The van der Waals surface area contributed by atoms with Crippen LogP contribution in [0.2, 0.25) is 0 Å². The summed E-state index contributed by atoms with van der Waals surface area (Å²) < 4.78 is 29.1. The Kier molecular flexibility index (Phi) is 3.79. The number of aromatic nitrogens is 1. The maximum atomic E-state index is 10.3. The van der Waals surface area contributed by atoms with Crippen molar-refractivity contribution in [1.29, 1.82) is 0 Å². The Labute approximate surface area is 77.2 Å². The van der Waals surface area contributed by atoms with E-state index in [1.807, 2.05) is 0 Å². The molecule has 1 aromatic rings. The van der Waals surface area contributed by atoms with E-state index >= 15 is 0 Å². The van der Waals surface area contributed by atoms with Crippen LogP contribution in [0.5, 0.6) is 0 Å². The third kappa shape index (κ3) is 3.05. The molecule has 11 heavy (non-hydrogen) atoms. The Bertz CT molecular complexity index is 310. The molecule has 1 N–H and O–H groups in total. The van der Waals surface area contributed by atoms with Gasteiger partial charge in [-0.2, -0.15) is 8.42 Å². The molecule has 0 saturated heterocycles. The van der Waals surface area contributed by atoms with Crippen molar-refractivity contribution in [3.8, 4) is 0 Å². The van der Waals surface area contributed by atoms with Gasteiger partial charge in [-0.1, -0.05) is 6.07 Å². The summed E-state index contributed by atoms with van der Waals surface area (Å²) in [5, 5.41) is -0.324. The van der Waals surface area contributed by atoms with Crippen molar-refractivity contribution in [3.05, 3.63) is 24.4 Å². The van der Waals surface area contributed by atoms with Crippen molar-refractivity contribution in [2.24, 2.45) is 0 Å². The Morgan fingerprint density at radius 1 is 1.36 bits per heavy atom. The van der Waals surface area contributed by atoms with Crippen molar-refractivity contribution >= 4 is 10.1 Å². The van der Waals surface area contributed by atoms with Crippen LogP contribution in [-0.4, -0.2) is 18.0 Å². The van der Waals surface area contributed by atoms with Gasteiger partial charge in [-0.05, 0) is 12.1 Å². The second kappa shape index (κ2) is 3.90. The zero-order valence-corrected chi connectivity index (χ0v) is 9.42. The fourth-order valence-electron chi connectivity index (χ4n) is 0.500. The van der Waals surface area contributed by atoms with Gasteiger partial charge in [0.25, 0.3) is 0 Å². The van der Waals surface area contributed by atoms with Crippen molar-refractivity contribution < 1.29 is 32.4 Å². The van der Waals surface area contributed by atoms with Crippen LogP contribution >= 0.6 is 0 Å². The fourth-order valence-corrected chi connectivity index (χ4v) is 0.944. The molecule has 1 rings (SSSR count). The second-order valence-electron chi connectivity index (χ2n) is 1.64. The number of nitrogens with zero attached hydrogens (tertiary/aromatic N) is 1. The molecule has 0 unspecified atom stereocenters. The molecule has 0 aliphatic heterocycles. The summed E-state index contributed by atoms with van der Waals surface area (Å²) in [6, 6.07) is 4.26. The number of hydrogen-bond donors (Lipinski definition) is 1. The Morgan fingerprint density at radius 2 is 2.00 bits per heavy atom. The standard InChI is InChI=1S/C5H5NO3S.Zn/c7-10(8,9)5-3-1-2-4-6-5;/h1-4H,(H,7,8,9);. The summed E-state index contributed by atoms with van der Waals surface area (Å²) in [4.78, 5) is 3.41. The Hall–Kier alpha value is -0.317. The molecule has 0 fully saturated rings. The zero-order valence-electron chi connectivity index (χ0n) is 5.64. The average molecular weight is 225 g/mol. The normalized spacial score (nSPS) is 10.3. The molecule has 4 nitrogen and oxygen atoms in total. The molecule has 0 aliphatic rings. The molecule has 0 radical (unpaired) electrons. The quantitative estimate of drug-likeness (QED) is 0.551. The molecule has 56 valence electrons. The van der Waals surface area contributed by atoms with Gasteiger partial charge in [0, 0.05) is 25.7 Å². The monoisotopic (exact) mass is 223 g/mol. The molecule has 0 amide bonds. The van der Waals surface area contributed by atoms with Gasteiger partial charge in [-0.3, -0.25) is 4.55 Å². The predicted octanol–water partition coefficient (Wildman–Crippen LogP) is 0.326. The fraction of sp³-hybridized carbons (Fsp3) is 0. The van der Waals surface area contributed by atoms with E-state index in [2.05, 4.69) is 4.98 Å². The first-order valence-electron chi connectivity index (χ1n) is 2.49. The van der Waals surface area contributed by atoms with E-state index in [9.17, 15) is 8.42 Å². The Balaban J connectivity index is 0.000001000. The SMILES string of the molecule is O=S(=O)(O)c1ccccn1.[Zn]. The molecule has 0 aromatic carbocycles. The van der Waals surface area contributed by atoms with Gasteiger partial charge in [-0.15, -0.1) is 0 Å².